The van der Waals surface area contributed by atoms with Crippen LogP contribution in [0.4, 0.5) is 5.82 Å². The lowest BCUT2D eigenvalue weighted by Gasteiger charge is -2.17. The van der Waals surface area contributed by atoms with Gasteiger partial charge in [-0.15, -0.1) is 0 Å². The van der Waals surface area contributed by atoms with Crippen LogP contribution in [-0.2, 0) is 11.3 Å². The molecule has 140 valence electrons. The molecule has 0 amide bonds. The van der Waals surface area contributed by atoms with Crippen molar-refractivity contribution in [3.8, 4) is 0 Å². The summed E-state index contributed by atoms with van der Waals surface area (Å²) in [6.45, 7) is 9.77. The number of hydrogen-bond acceptors (Lipinski definition) is 4. The molecule has 6 heteroatoms. The number of nitrogens with zero attached hydrogens (tertiary/aromatic N) is 3. The second-order valence-corrected chi connectivity index (χ2v) is 6.89. The zero-order chi connectivity index (χ0) is 17.9. The number of aromatic nitrogens is 1. The first-order chi connectivity index (χ1) is 12.2. The van der Waals surface area contributed by atoms with E-state index in [-0.39, 0.29) is 0 Å². The Balaban J connectivity index is 1.69. The number of nitrogens with one attached hydrogen (secondary N) is 2. The van der Waals surface area contributed by atoms with Crippen molar-refractivity contribution in [2.75, 3.05) is 44.8 Å². The highest BCUT2D eigenvalue weighted by Crippen LogP contribution is 2.18. The van der Waals surface area contributed by atoms with Crippen molar-refractivity contribution < 1.29 is 4.74 Å². The fraction of sp³-hybridized carbons (Fsp3) is 0.684. The minimum atomic E-state index is 0.591. The lowest BCUT2D eigenvalue weighted by Crippen LogP contribution is -2.37. The van der Waals surface area contributed by atoms with Crippen molar-refractivity contribution in [1.29, 1.82) is 0 Å². The van der Waals surface area contributed by atoms with Crippen molar-refractivity contribution >= 4 is 11.8 Å². The first-order valence-corrected chi connectivity index (χ1v) is 9.41. The normalized spacial score (nSPS) is 15.0. The highest BCUT2D eigenvalue weighted by molar-refractivity contribution is 5.79. The fourth-order valence-electron chi connectivity index (χ4n) is 2.80. The van der Waals surface area contributed by atoms with Crippen LogP contribution in [0, 0.1) is 5.92 Å². The van der Waals surface area contributed by atoms with E-state index in [9.17, 15) is 0 Å². The average molecular weight is 348 g/mol. The van der Waals surface area contributed by atoms with Crippen molar-refractivity contribution in [3.63, 3.8) is 0 Å². The predicted octanol–water partition coefficient (Wildman–Crippen LogP) is 2.41. The van der Waals surface area contributed by atoms with E-state index < -0.39 is 0 Å². The van der Waals surface area contributed by atoms with Gasteiger partial charge in [0.05, 0.1) is 0 Å². The fourth-order valence-corrected chi connectivity index (χ4v) is 2.80. The average Bonchev–Trinajstić information content (AvgIpc) is 3.15. The van der Waals surface area contributed by atoms with E-state index in [1.54, 1.807) is 7.05 Å². The number of aliphatic imine (C=N–C) groups is 1. The van der Waals surface area contributed by atoms with Gasteiger partial charge >= 0.3 is 0 Å². The van der Waals surface area contributed by atoms with Gasteiger partial charge < -0.3 is 20.3 Å². The van der Waals surface area contributed by atoms with Gasteiger partial charge in [0.15, 0.2) is 5.96 Å². The summed E-state index contributed by atoms with van der Waals surface area (Å²) in [4.78, 5) is 11.1. The molecule has 0 bridgehead atoms. The van der Waals surface area contributed by atoms with Crippen LogP contribution in [0.2, 0.25) is 0 Å². The maximum atomic E-state index is 5.59. The van der Waals surface area contributed by atoms with Gasteiger partial charge in [0.2, 0.25) is 0 Å². The molecule has 0 atom stereocenters. The van der Waals surface area contributed by atoms with Gasteiger partial charge in [-0.3, -0.25) is 4.99 Å². The second kappa shape index (κ2) is 10.9. The summed E-state index contributed by atoms with van der Waals surface area (Å²) in [5, 5.41) is 6.69. The third-order valence-corrected chi connectivity index (χ3v) is 4.13. The second-order valence-electron chi connectivity index (χ2n) is 6.89. The molecule has 2 N–H and O–H groups in total. The number of ether oxygens (including phenoxy) is 1. The van der Waals surface area contributed by atoms with Crippen LogP contribution in [0.15, 0.2) is 23.3 Å². The van der Waals surface area contributed by atoms with Gasteiger partial charge in [0, 0.05) is 52.6 Å². The highest BCUT2D eigenvalue weighted by atomic mass is 16.5. The maximum absolute atomic E-state index is 5.59. The Morgan fingerprint density at radius 2 is 2.12 bits per heavy atom. The zero-order valence-corrected chi connectivity index (χ0v) is 15.9. The quantitative estimate of drug-likeness (QED) is 0.408. The van der Waals surface area contributed by atoms with Crippen molar-refractivity contribution in [1.82, 2.24) is 15.6 Å². The summed E-state index contributed by atoms with van der Waals surface area (Å²) in [7, 11) is 1.80. The van der Waals surface area contributed by atoms with E-state index in [0.29, 0.717) is 5.92 Å². The molecule has 1 aromatic rings. The molecule has 6 nitrogen and oxygen atoms in total. The van der Waals surface area contributed by atoms with Crippen LogP contribution in [-0.4, -0.2) is 50.8 Å². The van der Waals surface area contributed by atoms with Gasteiger partial charge in [-0.05, 0) is 42.9 Å². The molecular formula is C19H33N5O. The first kappa shape index (κ1) is 19.5. The number of anilines is 1. The topological polar surface area (TPSA) is 61.8 Å². The van der Waals surface area contributed by atoms with Gasteiger partial charge in [-0.1, -0.05) is 13.8 Å². The van der Waals surface area contributed by atoms with Gasteiger partial charge in [-0.2, -0.15) is 0 Å². The molecule has 2 heterocycles. The maximum Gasteiger partial charge on any atom is 0.191 e. The Kier molecular flexibility index (Phi) is 8.52. The summed E-state index contributed by atoms with van der Waals surface area (Å²) in [5.74, 6) is 2.50. The van der Waals surface area contributed by atoms with Crippen molar-refractivity contribution in [2.45, 2.75) is 39.7 Å². The molecule has 0 aromatic carbocycles. The summed E-state index contributed by atoms with van der Waals surface area (Å²) in [6.07, 6.45) is 5.40. The molecule has 1 aliphatic heterocycles. The lowest BCUT2D eigenvalue weighted by atomic mass is 10.2. The highest BCUT2D eigenvalue weighted by Gasteiger charge is 2.13. The van der Waals surface area contributed by atoms with Crippen LogP contribution in [0.25, 0.3) is 0 Å². The Bertz CT molecular complexity index is 526. The van der Waals surface area contributed by atoms with Crippen molar-refractivity contribution in [2.24, 2.45) is 10.9 Å². The van der Waals surface area contributed by atoms with Crippen molar-refractivity contribution in [3.05, 3.63) is 23.9 Å². The Morgan fingerprint density at radius 1 is 1.32 bits per heavy atom. The molecule has 1 aliphatic rings. The Morgan fingerprint density at radius 3 is 2.84 bits per heavy atom. The third-order valence-electron chi connectivity index (χ3n) is 4.13. The van der Waals surface area contributed by atoms with E-state index in [0.717, 1.165) is 57.6 Å². The first-order valence-electron chi connectivity index (χ1n) is 9.41. The number of rotatable bonds is 9. The van der Waals surface area contributed by atoms with E-state index in [1.807, 2.05) is 6.20 Å². The minimum Gasteiger partial charge on any atom is -0.381 e. The van der Waals surface area contributed by atoms with Crippen LogP contribution < -0.4 is 15.5 Å². The molecular weight excluding hydrogens is 314 g/mol. The molecule has 2 rings (SSSR count). The van der Waals surface area contributed by atoms with Gasteiger partial charge in [0.25, 0.3) is 0 Å². The summed E-state index contributed by atoms with van der Waals surface area (Å²) >= 11 is 0. The molecule has 0 radical (unpaired) electrons. The molecule has 1 fully saturated rings. The Labute approximate surface area is 152 Å². The SMILES string of the molecule is CN=C(NCCCOCC(C)C)NCc1ccnc(N2CCCC2)c1. The van der Waals surface area contributed by atoms with Gasteiger partial charge in [0.1, 0.15) is 5.82 Å². The Hall–Kier alpha value is -1.82. The number of hydrogen-bond donors (Lipinski definition) is 2. The summed E-state index contributed by atoms with van der Waals surface area (Å²) < 4.78 is 5.59. The van der Waals surface area contributed by atoms with Crippen LogP contribution in [0.1, 0.15) is 38.7 Å². The molecule has 1 aromatic heterocycles. The largest absolute Gasteiger partial charge is 0.381 e. The van der Waals surface area contributed by atoms with Crippen LogP contribution in [0.5, 0.6) is 0 Å². The van der Waals surface area contributed by atoms with E-state index in [2.05, 4.69) is 51.5 Å². The molecule has 0 spiro atoms. The monoisotopic (exact) mass is 347 g/mol. The molecule has 0 unspecified atom stereocenters. The summed E-state index contributed by atoms with van der Waals surface area (Å²) in [5.41, 5.74) is 1.22. The van der Waals surface area contributed by atoms with E-state index >= 15 is 0 Å². The zero-order valence-electron chi connectivity index (χ0n) is 15.9. The standard InChI is InChI=1S/C19H33N5O/c1-16(2)15-25-12-6-8-22-19(20-3)23-14-17-7-9-21-18(13-17)24-10-4-5-11-24/h7,9,13,16H,4-6,8,10-12,14-15H2,1-3H3,(H2,20,22,23). The number of pyridine rings is 1. The third kappa shape index (κ3) is 7.30. The minimum absolute atomic E-state index is 0.591. The smallest absolute Gasteiger partial charge is 0.191 e. The molecule has 25 heavy (non-hydrogen) atoms. The predicted molar refractivity (Wildman–Crippen MR) is 104 cm³/mol. The van der Waals surface area contributed by atoms with Crippen LogP contribution in [0.3, 0.4) is 0 Å². The van der Waals surface area contributed by atoms with Gasteiger partial charge in [-0.25, -0.2) is 4.98 Å². The van der Waals surface area contributed by atoms with Crippen LogP contribution >= 0.6 is 0 Å². The number of guanidine groups is 1. The lowest BCUT2D eigenvalue weighted by molar-refractivity contribution is 0.108. The molecule has 1 saturated heterocycles. The summed E-state index contributed by atoms with van der Waals surface area (Å²) in [6, 6.07) is 4.23. The van der Waals surface area contributed by atoms with E-state index in [1.165, 1.54) is 18.4 Å². The molecule has 0 saturated carbocycles. The van der Waals surface area contributed by atoms with E-state index in [4.69, 9.17) is 4.74 Å². The molecule has 0 aliphatic carbocycles.